The highest BCUT2D eigenvalue weighted by molar-refractivity contribution is 7.09. The van der Waals surface area contributed by atoms with Crippen molar-refractivity contribution in [1.29, 1.82) is 0 Å². The van der Waals surface area contributed by atoms with Gasteiger partial charge >= 0.3 is 0 Å². The number of amides is 1. The summed E-state index contributed by atoms with van der Waals surface area (Å²) in [6.07, 6.45) is 1.00. The van der Waals surface area contributed by atoms with Gasteiger partial charge in [0, 0.05) is 23.8 Å². The number of anilines is 1. The van der Waals surface area contributed by atoms with E-state index >= 15 is 0 Å². The number of benzene rings is 1. The van der Waals surface area contributed by atoms with E-state index in [-0.39, 0.29) is 11.8 Å². The largest absolute Gasteiger partial charge is 0.492 e. The molecule has 7 heteroatoms. The Morgan fingerprint density at radius 3 is 3.00 bits per heavy atom. The van der Waals surface area contributed by atoms with E-state index in [1.807, 2.05) is 48.7 Å². The Morgan fingerprint density at radius 2 is 2.19 bits per heavy atom. The van der Waals surface area contributed by atoms with Crippen LogP contribution in [0.3, 0.4) is 0 Å². The third kappa shape index (κ3) is 3.35. The van der Waals surface area contributed by atoms with Gasteiger partial charge in [0.15, 0.2) is 5.82 Å². The molecule has 1 atom stereocenters. The average molecular weight is 369 g/mol. The summed E-state index contributed by atoms with van der Waals surface area (Å²) in [6, 6.07) is 11.6. The van der Waals surface area contributed by atoms with Crippen LogP contribution in [0.25, 0.3) is 0 Å². The summed E-state index contributed by atoms with van der Waals surface area (Å²) in [5.41, 5.74) is 0.796. The summed E-state index contributed by atoms with van der Waals surface area (Å²) in [5.74, 6) is 1.88. The Balaban J connectivity index is 1.51. The summed E-state index contributed by atoms with van der Waals surface area (Å²) in [6.45, 7) is 3.01. The van der Waals surface area contributed by atoms with E-state index in [9.17, 15) is 4.79 Å². The number of rotatable bonds is 6. The van der Waals surface area contributed by atoms with E-state index in [1.54, 1.807) is 16.2 Å². The number of ether oxygens (including phenoxy) is 1. The van der Waals surface area contributed by atoms with Crippen molar-refractivity contribution >= 4 is 22.9 Å². The van der Waals surface area contributed by atoms with Gasteiger partial charge in [-0.3, -0.25) is 4.79 Å². The molecule has 1 aliphatic heterocycles. The van der Waals surface area contributed by atoms with Crippen LogP contribution in [0.15, 0.2) is 46.3 Å². The number of nitrogens with zero attached hydrogens (tertiary/aromatic N) is 3. The van der Waals surface area contributed by atoms with Gasteiger partial charge in [0.2, 0.25) is 11.8 Å². The van der Waals surface area contributed by atoms with Gasteiger partial charge in [0.25, 0.3) is 0 Å². The molecule has 4 rings (SSSR count). The van der Waals surface area contributed by atoms with Gasteiger partial charge in [-0.05, 0) is 30.5 Å². The lowest BCUT2D eigenvalue weighted by molar-refractivity contribution is -0.117. The molecule has 0 spiro atoms. The number of carbonyl (C=O) groups excluding carboxylic acids is 1. The van der Waals surface area contributed by atoms with Gasteiger partial charge in [-0.15, -0.1) is 11.3 Å². The first-order valence-corrected chi connectivity index (χ1v) is 9.49. The lowest BCUT2D eigenvalue weighted by Crippen LogP contribution is -2.25. The number of aromatic nitrogens is 2. The number of carbonyl (C=O) groups is 1. The van der Waals surface area contributed by atoms with Crippen LogP contribution >= 0.6 is 11.3 Å². The fourth-order valence-electron chi connectivity index (χ4n) is 3.14. The molecule has 1 unspecified atom stereocenters. The first-order valence-electron chi connectivity index (χ1n) is 8.61. The average Bonchev–Trinajstić information content (AvgIpc) is 3.38. The van der Waals surface area contributed by atoms with E-state index in [0.29, 0.717) is 37.7 Å². The van der Waals surface area contributed by atoms with Crippen molar-refractivity contribution < 1.29 is 14.1 Å². The summed E-state index contributed by atoms with van der Waals surface area (Å²) in [7, 11) is 0. The fourth-order valence-corrected chi connectivity index (χ4v) is 3.83. The topological polar surface area (TPSA) is 68.5 Å². The molecule has 1 aliphatic rings. The molecule has 3 heterocycles. The molecule has 0 N–H and O–H groups in total. The Labute approximate surface area is 155 Å². The zero-order valence-electron chi connectivity index (χ0n) is 14.4. The maximum atomic E-state index is 12.6. The maximum absolute atomic E-state index is 12.6. The van der Waals surface area contributed by atoms with Gasteiger partial charge in [-0.2, -0.15) is 4.98 Å². The van der Waals surface area contributed by atoms with Gasteiger partial charge in [-0.1, -0.05) is 23.4 Å². The number of hydrogen-bond donors (Lipinski definition) is 0. The summed E-state index contributed by atoms with van der Waals surface area (Å²) < 4.78 is 11.0. The van der Waals surface area contributed by atoms with Crippen molar-refractivity contribution in [2.24, 2.45) is 0 Å². The number of thiophene rings is 1. The lowest BCUT2D eigenvalue weighted by atomic mass is 10.1. The molecule has 1 aromatic carbocycles. The van der Waals surface area contributed by atoms with E-state index < -0.39 is 0 Å². The lowest BCUT2D eigenvalue weighted by Gasteiger charge is -2.19. The molecule has 134 valence electrons. The van der Waals surface area contributed by atoms with Crippen molar-refractivity contribution in [2.75, 3.05) is 18.1 Å². The molecular formula is C19H19N3O3S. The van der Waals surface area contributed by atoms with Crippen LogP contribution < -0.4 is 9.64 Å². The van der Waals surface area contributed by atoms with Gasteiger partial charge < -0.3 is 14.2 Å². The molecule has 3 aromatic rings. The van der Waals surface area contributed by atoms with Crippen LogP contribution in [0.4, 0.5) is 5.69 Å². The minimum atomic E-state index is -0.0713. The number of hydrogen-bond acceptors (Lipinski definition) is 6. The molecule has 1 amide bonds. The highest BCUT2D eigenvalue weighted by Crippen LogP contribution is 2.35. The summed E-state index contributed by atoms with van der Waals surface area (Å²) >= 11 is 1.66. The Hall–Kier alpha value is -2.67. The Kier molecular flexibility index (Phi) is 4.71. The van der Waals surface area contributed by atoms with Crippen LogP contribution in [-0.4, -0.2) is 29.2 Å². The maximum Gasteiger partial charge on any atom is 0.231 e. The first-order chi connectivity index (χ1) is 12.7. The molecule has 0 bridgehead atoms. The molecular weight excluding hydrogens is 350 g/mol. The van der Waals surface area contributed by atoms with Crippen LogP contribution in [-0.2, 0) is 11.2 Å². The van der Waals surface area contributed by atoms with Crippen molar-refractivity contribution in [2.45, 2.75) is 25.7 Å². The van der Waals surface area contributed by atoms with E-state index in [2.05, 4.69) is 10.1 Å². The van der Waals surface area contributed by atoms with Crippen molar-refractivity contribution in [3.05, 3.63) is 58.4 Å². The zero-order valence-corrected chi connectivity index (χ0v) is 15.2. The molecule has 0 aliphatic carbocycles. The second kappa shape index (κ2) is 7.29. The highest BCUT2D eigenvalue weighted by Gasteiger charge is 2.35. The monoisotopic (exact) mass is 369 g/mol. The second-order valence-electron chi connectivity index (χ2n) is 6.11. The van der Waals surface area contributed by atoms with E-state index in [4.69, 9.17) is 9.26 Å². The van der Waals surface area contributed by atoms with Crippen LogP contribution in [0.1, 0.15) is 35.9 Å². The smallest absolute Gasteiger partial charge is 0.231 e. The molecule has 26 heavy (non-hydrogen) atoms. The molecule has 0 saturated carbocycles. The van der Waals surface area contributed by atoms with Crippen molar-refractivity contribution in [3.8, 4) is 5.75 Å². The molecule has 1 fully saturated rings. The quantitative estimate of drug-likeness (QED) is 0.663. The van der Waals surface area contributed by atoms with Gasteiger partial charge in [-0.25, -0.2) is 0 Å². The normalized spacial score (nSPS) is 17.0. The first kappa shape index (κ1) is 16.8. The third-order valence-electron chi connectivity index (χ3n) is 4.34. The van der Waals surface area contributed by atoms with Crippen LogP contribution in [0.2, 0.25) is 0 Å². The van der Waals surface area contributed by atoms with Crippen LogP contribution in [0.5, 0.6) is 5.75 Å². The van der Waals surface area contributed by atoms with Crippen LogP contribution in [0, 0.1) is 0 Å². The Morgan fingerprint density at radius 1 is 1.31 bits per heavy atom. The molecule has 0 radical (unpaired) electrons. The predicted molar refractivity (Wildman–Crippen MR) is 98.7 cm³/mol. The number of para-hydroxylation sites is 2. The standard InChI is InChI=1S/C19H19N3O3S/c1-2-24-16-8-4-3-7-15(16)22-12-13(10-18(22)23)19-20-17(25-21-19)11-14-6-5-9-26-14/h3-9,13H,2,10-12H2,1H3. The Bertz CT molecular complexity index is 891. The predicted octanol–water partition coefficient (Wildman–Crippen LogP) is 3.64. The highest BCUT2D eigenvalue weighted by atomic mass is 32.1. The van der Waals surface area contributed by atoms with E-state index in [0.717, 1.165) is 11.4 Å². The zero-order chi connectivity index (χ0) is 17.9. The van der Waals surface area contributed by atoms with Gasteiger partial charge in [0.05, 0.1) is 18.7 Å². The van der Waals surface area contributed by atoms with Crippen molar-refractivity contribution in [1.82, 2.24) is 10.1 Å². The van der Waals surface area contributed by atoms with E-state index in [1.165, 1.54) is 4.88 Å². The fraction of sp³-hybridized carbons (Fsp3) is 0.316. The van der Waals surface area contributed by atoms with Gasteiger partial charge in [0.1, 0.15) is 5.75 Å². The second-order valence-corrected chi connectivity index (χ2v) is 7.14. The minimum absolute atomic E-state index is 0.0479. The van der Waals surface area contributed by atoms with Crippen molar-refractivity contribution in [3.63, 3.8) is 0 Å². The summed E-state index contributed by atoms with van der Waals surface area (Å²) in [5, 5.41) is 6.13. The molecule has 2 aromatic heterocycles. The third-order valence-corrected chi connectivity index (χ3v) is 5.21. The summed E-state index contributed by atoms with van der Waals surface area (Å²) in [4.78, 5) is 20.0. The molecule has 1 saturated heterocycles. The SMILES string of the molecule is CCOc1ccccc1N1CC(c2noc(Cc3cccs3)n2)CC1=O. The minimum Gasteiger partial charge on any atom is -0.492 e. The molecule has 6 nitrogen and oxygen atoms in total.